The lowest BCUT2D eigenvalue weighted by molar-refractivity contribution is -0.150. The fraction of sp³-hybridized carbons (Fsp3) is 0.440. The molecule has 1 aliphatic rings. The number of benzene rings is 2. The molecule has 0 amide bonds. The highest BCUT2D eigenvalue weighted by atomic mass is 32.2. The molecule has 1 N–H and O–H groups in total. The van der Waals surface area contributed by atoms with Gasteiger partial charge in [-0.15, -0.1) is 23.5 Å². The molecule has 1 atom stereocenters. The van der Waals surface area contributed by atoms with Crippen molar-refractivity contribution >= 4 is 35.3 Å². The number of carbonyl (C=O) groups excluding carboxylic acids is 2. The number of ether oxygens (including phenoxy) is 1. The molecule has 2 aromatic rings. The molecule has 0 bridgehead atoms. The predicted octanol–water partition coefficient (Wildman–Crippen LogP) is 5.71. The van der Waals surface area contributed by atoms with Crippen molar-refractivity contribution in [1.29, 1.82) is 0 Å². The maximum Gasteiger partial charge on any atom is 0.306 e. The molecule has 31 heavy (non-hydrogen) atoms. The molecule has 166 valence electrons. The third-order valence-electron chi connectivity index (χ3n) is 5.92. The van der Waals surface area contributed by atoms with E-state index in [4.69, 9.17) is 4.74 Å². The second kappa shape index (κ2) is 11.2. The Morgan fingerprint density at radius 3 is 2.03 bits per heavy atom. The molecule has 4 nitrogen and oxygen atoms in total. The van der Waals surface area contributed by atoms with Gasteiger partial charge in [-0.05, 0) is 61.1 Å². The Hall–Kier alpha value is -1.76. The number of ketones is 1. The predicted molar refractivity (Wildman–Crippen MR) is 127 cm³/mol. The second-order valence-electron chi connectivity index (χ2n) is 8.02. The van der Waals surface area contributed by atoms with Crippen molar-refractivity contribution in [3.63, 3.8) is 0 Å². The molecule has 0 spiro atoms. The van der Waals surface area contributed by atoms with Crippen LogP contribution in [0.15, 0.2) is 58.3 Å². The Morgan fingerprint density at radius 2 is 1.48 bits per heavy atom. The first-order valence-corrected chi connectivity index (χ1v) is 13.1. The summed E-state index contributed by atoms with van der Waals surface area (Å²) in [6.45, 7) is -0.389. The number of aliphatic hydroxyl groups is 1. The topological polar surface area (TPSA) is 63.6 Å². The highest BCUT2D eigenvalue weighted by Crippen LogP contribution is 2.31. The summed E-state index contributed by atoms with van der Waals surface area (Å²) < 4.78 is 5.49. The highest BCUT2D eigenvalue weighted by molar-refractivity contribution is 7.98. The van der Waals surface area contributed by atoms with Gasteiger partial charge in [0.25, 0.3) is 0 Å². The van der Waals surface area contributed by atoms with Gasteiger partial charge in [-0.1, -0.05) is 43.5 Å². The van der Waals surface area contributed by atoms with Gasteiger partial charge in [-0.2, -0.15) is 0 Å². The molecule has 0 radical (unpaired) electrons. The molecule has 0 saturated heterocycles. The molecule has 1 aliphatic carbocycles. The summed E-state index contributed by atoms with van der Waals surface area (Å²) in [5, 5.41) is 11.5. The smallest absolute Gasteiger partial charge is 0.306 e. The van der Waals surface area contributed by atoms with E-state index < -0.39 is 11.4 Å². The number of hydrogen-bond donors (Lipinski definition) is 1. The normalized spacial score (nSPS) is 16.5. The summed E-state index contributed by atoms with van der Waals surface area (Å²) in [6, 6.07) is 14.3. The van der Waals surface area contributed by atoms with E-state index in [1.54, 1.807) is 47.8 Å². The molecule has 1 saturated carbocycles. The summed E-state index contributed by atoms with van der Waals surface area (Å²) >= 11 is 3.16. The Labute approximate surface area is 193 Å². The van der Waals surface area contributed by atoms with E-state index in [0.717, 1.165) is 35.5 Å². The molecular formula is C25H30O4S2. The van der Waals surface area contributed by atoms with Crippen LogP contribution in [0.1, 0.15) is 54.4 Å². The van der Waals surface area contributed by atoms with Gasteiger partial charge < -0.3 is 9.84 Å². The molecule has 0 aromatic heterocycles. The molecule has 1 fully saturated rings. The minimum atomic E-state index is -1.93. The van der Waals surface area contributed by atoms with E-state index in [2.05, 4.69) is 0 Å². The summed E-state index contributed by atoms with van der Waals surface area (Å²) in [5.41, 5.74) is -1.12. The number of carbonyl (C=O) groups is 2. The van der Waals surface area contributed by atoms with E-state index in [9.17, 15) is 14.7 Å². The minimum absolute atomic E-state index is 0.338. The molecule has 3 rings (SSSR count). The molecule has 6 heteroatoms. The van der Waals surface area contributed by atoms with Gasteiger partial charge in [-0.25, -0.2) is 0 Å². The van der Waals surface area contributed by atoms with Crippen molar-refractivity contribution in [1.82, 2.24) is 0 Å². The Bertz CT molecular complexity index is 873. The largest absolute Gasteiger partial charge is 0.462 e. The fourth-order valence-electron chi connectivity index (χ4n) is 4.00. The summed E-state index contributed by atoms with van der Waals surface area (Å²) in [6.07, 6.45) is 9.87. The van der Waals surface area contributed by atoms with Crippen molar-refractivity contribution in [3.8, 4) is 0 Å². The lowest BCUT2D eigenvalue weighted by Gasteiger charge is -2.28. The van der Waals surface area contributed by atoms with Gasteiger partial charge in [0.05, 0.1) is 0 Å². The van der Waals surface area contributed by atoms with Crippen molar-refractivity contribution in [2.24, 2.45) is 5.92 Å². The maximum atomic E-state index is 13.4. The van der Waals surface area contributed by atoms with E-state index >= 15 is 0 Å². The van der Waals surface area contributed by atoms with Crippen LogP contribution in [0.2, 0.25) is 0 Å². The van der Waals surface area contributed by atoms with Crippen LogP contribution < -0.4 is 0 Å². The Morgan fingerprint density at radius 1 is 0.935 bits per heavy atom. The van der Waals surface area contributed by atoms with Gasteiger partial charge in [0, 0.05) is 21.8 Å². The zero-order valence-corrected chi connectivity index (χ0v) is 19.8. The Balaban J connectivity index is 1.80. The summed E-state index contributed by atoms with van der Waals surface area (Å²) in [5.74, 6) is -0.482. The van der Waals surface area contributed by atoms with Crippen LogP contribution in [-0.4, -0.2) is 36.0 Å². The SMILES string of the molecule is CSc1ccc(C(=O)C(O)(COC(=O)CC2CCCCC2)c2ccc(SC)cc2)cc1. The number of hydrogen-bond acceptors (Lipinski definition) is 6. The number of rotatable bonds is 9. The first-order valence-electron chi connectivity index (χ1n) is 10.7. The number of esters is 1. The quantitative estimate of drug-likeness (QED) is 0.295. The lowest BCUT2D eigenvalue weighted by Crippen LogP contribution is -2.41. The monoisotopic (exact) mass is 458 g/mol. The lowest BCUT2D eigenvalue weighted by atomic mass is 9.86. The van der Waals surface area contributed by atoms with E-state index in [1.807, 2.05) is 36.8 Å². The zero-order chi connectivity index (χ0) is 22.3. The molecule has 0 heterocycles. The van der Waals surface area contributed by atoms with Crippen LogP contribution in [-0.2, 0) is 15.1 Å². The minimum Gasteiger partial charge on any atom is -0.462 e. The van der Waals surface area contributed by atoms with Crippen molar-refractivity contribution in [2.45, 2.75) is 53.9 Å². The second-order valence-corrected chi connectivity index (χ2v) is 9.77. The van der Waals surface area contributed by atoms with Crippen LogP contribution in [0.5, 0.6) is 0 Å². The third-order valence-corrected chi connectivity index (χ3v) is 7.40. The van der Waals surface area contributed by atoms with Crippen molar-refractivity contribution < 1.29 is 19.4 Å². The van der Waals surface area contributed by atoms with Crippen LogP contribution >= 0.6 is 23.5 Å². The summed E-state index contributed by atoms with van der Waals surface area (Å²) in [7, 11) is 0. The van der Waals surface area contributed by atoms with E-state index in [1.165, 1.54) is 6.42 Å². The van der Waals surface area contributed by atoms with Gasteiger partial charge in [0.1, 0.15) is 6.61 Å². The van der Waals surface area contributed by atoms with E-state index in [0.29, 0.717) is 23.5 Å². The molecule has 2 aromatic carbocycles. The Kier molecular flexibility index (Phi) is 8.64. The molecule has 0 aliphatic heterocycles. The highest BCUT2D eigenvalue weighted by Gasteiger charge is 2.40. The van der Waals surface area contributed by atoms with Gasteiger partial charge in [0.15, 0.2) is 5.60 Å². The first kappa shape index (κ1) is 23.9. The third kappa shape index (κ3) is 6.15. The number of Topliss-reactive ketones (excluding diaryl/α,β-unsaturated/α-hetero) is 1. The molecular weight excluding hydrogens is 428 g/mol. The van der Waals surface area contributed by atoms with Crippen molar-refractivity contribution in [3.05, 3.63) is 59.7 Å². The zero-order valence-electron chi connectivity index (χ0n) is 18.1. The molecule has 1 unspecified atom stereocenters. The van der Waals surface area contributed by atoms with Crippen LogP contribution in [0.25, 0.3) is 0 Å². The fourth-order valence-corrected chi connectivity index (χ4v) is 4.82. The average Bonchev–Trinajstić information content (AvgIpc) is 2.83. The standard InChI is InChI=1S/C25H30O4S2/c1-30-21-12-8-19(9-13-21)24(27)25(28,20-10-14-22(31-2)15-11-20)17-29-23(26)16-18-6-4-3-5-7-18/h8-15,18,28H,3-7,16-17H2,1-2H3. The average molecular weight is 459 g/mol. The maximum absolute atomic E-state index is 13.4. The number of thioether (sulfide) groups is 2. The van der Waals surface area contributed by atoms with Gasteiger partial charge in [-0.3, -0.25) is 9.59 Å². The first-order chi connectivity index (χ1) is 15.0. The van der Waals surface area contributed by atoms with Crippen molar-refractivity contribution in [2.75, 3.05) is 19.1 Å². The van der Waals surface area contributed by atoms with Crippen LogP contribution in [0.3, 0.4) is 0 Å². The van der Waals surface area contributed by atoms with Crippen LogP contribution in [0.4, 0.5) is 0 Å². The summed E-state index contributed by atoms with van der Waals surface area (Å²) in [4.78, 5) is 27.9. The van der Waals surface area contributed by atoms with Crippen LogP contribution in [0, 0.1) is 5.92 Å². The van der Waals surface area contributed by atoms with E-state index in [-0.39, 0.29) is 12.6 Å². The van der Waals surface area contributed by atoms with Gasteiger partial charge >= 0.3 is 5.97 Å². The van der Waals surface area contributed by atoms with Gasteiger partial charge in [0.2, 0.25) is 5.78 Å².